The average Bonchev–Trinajstić information content (AvgIpc) is 3.13. The summed E-state index contributed by atoms with van der Waals surface area (Å²) in [6.45, 7) is 1.58. The molecule has 0 spiro atoms. The maximum Gasteiger partial charge on any atom is 0.339 e. The first kappa shape index (κ1) is 27.2. The number of thioether (sulfide) groups is 1. The summed E-state index contributed by atoms with van der Waals surface area (Å²) in [6.07, 6.45) is 1.49. The molecule has 1 N–H and O–H groups in total. The number of nitrogens with one attached hydrogen (secondary N) is 1. The Morgan fingerprint density at radius 2 is 1.76 bits per heavy atom. The van der Waals surface area contributed by atoms with Gasteiger partial charge >= 0.3 is 10.1 Å². The van der Waals surface area contributed by atoms with E-state index in [1.165, 1.54) is 55.5 Å². The van der Waals surface area contributed by atoms with E-state index < -0.39 is 21.3 Å². The SMILES string of the molecule is CC(=O)Nc1ccc(S(=O)(=O)Oc2ccc(/C=C3\SC(=O)N(CCOc4ccccc4)C3=O)cc2Cl)cc1. The first-order chi connectivity index (χ1) is 18.1. The van der Waals surface area contributed by atoms with Gasteiger partial charge in [0.05, 0.1) is 16.5 Å². The fourth-order valence-electron chi connectivity index (χ4n) is 3.36. The molecule has 0 bridgehead atoms. The third kappa shape index (κ3) is 6.74. The second kappa shape index (κ2) is 11.7. The highest BCUT2D eigenvalue weighted by Gasteiger charge is 2.34. The van der Waals surface area contributed by atoms with Gasteiger partial charge in [0.1, 0.15) is 17.3 Å². The van der Waals surface area contributed by atoms with Gasteiger partial charge in [0, 0.05) is 12.6 Å². The Bertz CT molecular complexity index is 1510. The van der Waals surface area contributed by atoms with Gasteiger partial charge < -0.3 is 14.2 Å². The molecule has 0 atom stereocenters. The Hall–Kier alpha value is -3.80. The van der Waals surface area contributed by atoms with Gasteiger partial charge in [-0.15, -0.1) is 0 Å². The highest BCUT2D eigenvalue weighted by Crippen LogP contribution is 2.34. The van der Waals surface area contributed by atoms with E-state index in [1.54, 1.807) is 12.1 Å². The molecule has 12 heteroatoms. The number of ether oxygens (including phenoxy) is 1. The fraction of sp³-hybridized carbons (Fsp3) is 0.115. The predicted octanol–water partition coefficient (Wildman–Crippen LogP) is 5.18. The molecule has 0 radical (unpaired) electrons. The lowest BCUT2D eigenvalue weighted by Crippen LogP contribution is -2.32. The van der Waals surface area contributed by atoms with E-state index in [0.717, 1.165) is 16.7 Å². The molecule has 4 rings (SSSR count). The van der Waals surface area contributed by atoms with Crippen molar-refractivity contribution < 1.29 is 31.7 Å². The summed E-state index contributed by atoms with van der Waals surface area (Å²) in [5.74, 6) is -0.221. The Labute approximate surface area is 228 Å². The summed E-state index contributed by atoms with van der Waals surface area (Å²) < 4.78 is 36.1. The van der Waals surface area contributed by atoms with Crippen molar-refractivity contribution in [2.24, 2.45) is 0 Å². The van der Waals surface area contributed by atoms with Crippen LogP contribution in [0, 0.1) is 0 Å². The molecular formula is C26H21ClN2O7S2. The van der Waals surface area contributed by atoms with E-state index >= 15 is 0 Å². The van der Waals surface area contributed by atoms with Crippen molar-refractivity contribution in [2.45, 2.75) is 11.8 Å². The summed E-state index contributed by atoms with van der Waals surface area (Å²) >= 11 is 7.05. The molecule has 3 aromatic carbocycles. The number of benzene rings is 3. The lowest BCUT2D eigenvalue weighted by molar-refractivity contribution is -0.123. The van der Waals surface area contributed by atoms with Crippen molar-refractivity contribution in [3.8, 4) is 11.5 Å². The molecule has 3 aromatic rings. The number of rotatable bonds is 9. The van der Waals surface area contributed by atoms with Crippen LogP contribution < -0.4 is 14.2 Å². The van der Waals surface area contributed by atoms with Crippen LogP contribution in [0.4, 0.5) is 10.5 Å². The molecule has 1 fully saturated rings. The Morgan fingerprint density at radius 1 is 1.05 bits per heavy atom. The van der Waals surface area contributed by atoms with Crippen LogP contribution >= 0.6 is 23.4 Å². The van der Waals surface area contributed by atoms with Gasteiger partial charge in [-0.05, 0) is 71.9 Å². The van der Waals surface area contributed by atoms with Gasteiger partial charge in [-0.3, -0.25) is 19.3 Å². The first-order valence-corrected chi connectivity index (χ1v) is 13.8. The molecule has 1 aliphatic rings. The molecule has 0 saturated carbocycles. The predicted molar refractivity (Wildman–Crippen MR) is 145 cm³/mol. The summed E-state index contributed by atoms with van der Waals surface area (Å²) in [6, 6.07) is 18.8. The zero-order valence-corrected chi connectivity index (χ0v) is 22.3. The molecule has 9 nitrogen and oxygen atoms in total. The van der Waals surface area contributed by atoms with E-state index in [1.807, 2.05) is 18.2 Å². The molecule has 0 unspecified atom stereocenters. The lowest BCUT2D eigenvalue weighted by atomic mass is 10.2. The largest absolute Gasteiger partial charge is 0.492 e. The summed E-state index contributed by atoms with van der Waals surface area (Å²) in [7, 11) is -4.20. The second-order valence-corrected chi connectivity index (χ2v) is 10.9. The Balaban J connectivity index is 1.41. The van der Waals surface area contributed by atoms with Crippen LogP contribution in [0.3, 0.4) is 0 Å². The number of amides is 3. The minimum absolute atomic E-state index is 0.00678. The summed E-state index contributed by atoms with van der Waals surface area (Å²) in [5, 5.41) is 2.12. The zero-order valence-electron chi connectivity index (χ0n) is 19.9. The lowest BCUT2D eigenvalue weighted by Gasteiger charge is -2.13. The van der Waals surface area contributed by atoms with Crippen LogP contribution in [0.1, 0.15) is 12.5 Å². The van der Waals surface area contributed by atoms with E-state index in [-0.39, 0.29) is 39.6 Å². The van der Waals surface area contributed by atoms with Gasteiger partial charge in [-0.2, -0.15) is 8.42 Å². The number of imide groups is 1. The van der Waals surface area contributed by atoms with Crippen molar-refractivity contribution >= 4 is 62.3 Å². The minimum Gasteiger partial charge on any atom is -0.492 e. The van der Waals surface area contributed by atoms with Crippen LogP contribution in [-0.2, 0) is 19.7 Å². The van der Waals surface area contributed by atoms with Crippen molar-refractivity contribution in [1.82, 2.24) is 4.90 Å². The maximum absolute atomic E-state index is 12.7. The molecule has 196 valence electrons. The standard InChI is InChI=1S/C26H21ClN2O7S2/c1-17(30)28-19-8-10-21(11-9-19)38(33,34)36-23-12-7-18(15-22(23)27)16-24-25(31)29(26(32)37-24)13-14-35-20-5-3-2-4-6-20/h2-12,15-16H,13-14H2,1H3,(H,28,30)/b24-16-. The van der Waals surface area contributed by atoms with Crippen LogP contribution in [0.2, 0.25) is 5.02 Å². The van der Waals surface area contributed by atoms with E-state index in [2.05, 4.69) is 5.32 Å². The third-order valence-electron chi connectivity index (χ3n) is 5.12. The zero-order chi connectivity index (χ0) is 27.3. The molecule has 0 aliphatic carbocycles. The number of carbonyl (C=O) groups excluding carboxylic acids is 3. The van der Waals surface area contributed by atoms with Crippen LogP contribution in [0.15, 0.2) is 82.6 Å². The maximum atomic E-state index is 12.7. The number of anilines is 1. The van der Waals surface area contributed by atoms with E-state index in [4.69, 9.17) is 20.5 Å². The van der Waals surface area contributed by atoms with E-state index in [9.17, 15) is 22.8 Å². The fourth-order valence-corrected chi connectivity index (χ4v) is 5.45. The van der Waals surface area contributed by atoms with Crippen molar-refractivity contribution in [2.75, 3.05) is 18.5 Å². The van der Waals surface area contributed by atoms with Gasteiger partial charge in [0.25, 0.3) is 11.1 Å². The minimum atomic E-state index is -4.20. The number of hydrogen-bond donors (Lipinski definition) is 1. The molecule has 0 aromatic heterocycles. The highest BCUT2D eigenvalue weighted by molar-refractivity contribution is 8.18. The topological polar surface area (TPSA) is 119 Å². The third-order valence-corrected chi connectivity index (χ3v) is 7.57. The summed E-state index contributed by atoms with van der Waals surface area (Å²) in [4.78, 5) is 37.4. The first-order valence-electron chi connectivity index (χ1n) is 11.2. The number of carbonyl (C=O) groups is 3. The number of halogens is 1. The Kier molecular flexibility index (Phi) is 8.40. The Morgan fingerprint density at radius 3 is 2.42 bits per heavy atom. The van der Waals surface area contributed by atoms with Crippen LogP contribution in [0.5, 0.6) is 11.5 Å². The number of hydrogen-bond acceptors (Lipinski definition) is 8. The number of nitrogens with zero attached hydrogens (tertiary/aromatic N) is 1. The molecule has 1 heterocycles. The van der Waals surface area contributed by atoms with E-state index in [0.29, 0.717) is 17.0 Å². The van der Waals surface area contributed by atoms with Gasteiger partial charge in [0.2, 0.25) is 5.91 Å². The van der Waals surface area contributed by atoms with Crippen molar-refractivity contribution in [1.29, 1.82) is 0 Å². The van der Waals surface area contributed by atoms with Gasteiger partial charge in [-0.25, -0.2) is 0 Å². The van der Waals surface area contributed by atoms with Gasteiger partial charge in [0.15, 0.2) is 5.75 Å². The van der Waals surface area contributed by atoms with Gasteiger partial charge in [-0.1, -0.05) is 35.9 Å². The quantitative estimate of drug-likeness (QED) is 0.275. The average molecular weight is 573 g/mol. The smallest absolute Gasteiger partial charge is 0.339 e. The van der Waals surface area contributed by atoms with Crippen molar-refractivity contribution in [3.63, 3.8) is 0 Å². The highest BCUT2D eigenvalue weighted by atomic mass is 35.5. The molecule has 3 amide bonds. The molecular weight excluding hydrogens is 552 g/mol. The normalized spacial score (nSPS) is 14.6. The van der Waals surface area contributed by atoms with Crippen LogP contribution in [0.25, 0.3) is 6.08 Å². The molecule has 1 aliphatic heterocycles. The molecule has 1 saturated heterocycles. The second-order valence-electron chi connectivity index (χ2n) is 7.93. The molecule has 38 heavy (non-hydrogen) atoms. The monoisotopic (exact) mass is 572 g/mol. The summed E-state index contributed by atoms with van der Waals surface area (Å²) in [5.41, 5.74) is 0.914. The van der Waals surface area contributed by atoms with Crippen LogP contribution in [-0.4, -0.2) is 43.5 Å². The van der Waals surface area contributed by atoms with Crippen molar-refractivity contribution in [3.05, 3.63) is 88.3 Å². The number of para-hydroxylation sites is 1.